The van der Waals surface area contributed by atoms with Gasteiger partial charge in [0, 0.05) is 0 Å². The third-order valence-electron chi connectivity index (χ3n) is 4.58. The van der Waals surface area contributed by atoms with Crippen LogP contribution in [-0.2, 0) is 0 Å². The maximum Gasteiger partial charge on any atom is -0.0130 e. The lowest BCUT2D eigenvalue weighted by Crippen LogP contribution is -2.09. The molecule has 0 aliphatic heterocycles. The Kier molecular flexibility index (Phi) is 9.45. The monoisotopic (exact) mass is 273 g/mol. The second kappa shape index (κ2) is 10.9. The van der Waals surface area contributed by atoms with Crippen molar-refractivity contribution in [2.75, 3.05) is 0 Å². The smallest absolute Gasteiger partial charge is 0.0130 e. The first-order valence-electron chi connectivity index (χ1n) is 8.76. The van der Waals surface area contributed by atoms with Crippen molar-refractivity contribution in [2.45, 2.75) is 84.5 Å². The minimum atomic E-state index is 0.705. The van der Waals surface area contributed by atoms with Gasteiger partial charge in [0.15, 0.2) is 0 Å². The number of benzene rings is 1. The van der Waals surface area contributed by atoms with Crippen LogP contribution in [0.2, 0.25) is 0 Å². The lowest BCUT2D eigenvalue weighted by molar-refractivity contribution is 0.404. The molecule has 2 atom stereocenters. The SMILES string of the molecule is CCCCCCCCCC(c1[c]cccc1)C(C)CC. The highest BCUT2D eigenvalue weighted by atomic mass is 14.2. The molecule has 1 aromatic rings. The zero-order chi connectivity index (χ0) is 14.6. The van der Waals surface area contributed by atoms with Gasteiger partial charge in [-0.15, -0.1) is 0 Å². The summed E-state index contributed by atoms with van der Waals surface area (Å²) in [6.07, 6.45) is 12.4. The minimum Gasteiger partial charge on any atom is -0.0654 e. The molecule has 0 bridgehead atoms. The maximum atomic E-state index is 3.45. The Bertz CT molecular complexity index is 314. The van der Waals surface area contributed by atoms with Gasteiger partial charge in [-0.2, -0.15) is 0 Å². The van der Waals surface area contributed by atoms with Crippen LogP contribution in [0, 0.1) is 12.0 Å². The van der Waals surface area contributed by atoms with Gasteiger partial charge in [-0.1, -0.05) is 96.4 Å². The summed E-state index contributed by atoms with van der Waals surface area (Å²) in [5.74, 6) is 1.48. The Balaban J connectivity index is 2.32. The molecule has 0 fully saturated rings. The molecule has 1 aromatic carbocycles. The van der Waals surface area contributed by atoms with Gasteiger partial charge in [-0.3, -0.25) is 0 Å². The summed E-state index contributed by atoms with van der Waals surface area (Å²) in [5, 5.41) is 0. The standard InChI is InChI=1S/C20H33/c1-4-6-7-8-9-10-14-17-20(18(3)5-2)19-15-12-11-13-16-19/h11-13,15,18,20H,4-10,14,17H2,1-3H3. The number of unbranched alkanes of at least 4 members (excludes halogenated alkanes) is 6. The van der Waals surface area contributed by atoms with Crippen LogP contribution in [0.1, 0.15) is 90.0 Å². The van der Waals surface area contributed by atoms with E-state index in [-0.39, 0.29) is 0 Å². The summed E-state index contributed by atoms with van der Waals surface area (Å²) < 4.78 is 0. The third kappa shape index (κ3) is 6.59. The van der Waals surface area contributed by atoms with E-state index in [9.17, 15) is 0 Å². The maximum absolute atomic E-state index is 3.45. The molecule has 0 nitrogen and oxygen atoms in total. The van der Waals surface area contributed by atoms with Gasteiger partial charge >= 0.3 is 0 Å². The molecule has 1 radical (unpaired) electrons. The summed E-state index contributed by atoms with van der Waals surface area (Å²) in [5.41, 5.74) is 1.42. The summed E-state index contributed by atoms with van der Waals surface area (Å²) in [7, 11) is 0. The predicted molar refractivity (Wildman–Crippen MR) is 90.1 cm³/mol. The van der Waals surface area contributed by atoms with Crippen molar-refractivity contribution >= 4 is 0 Å². The third-order valence-corrected chi connectivity index (χ3v) is 4.58. The van der Waals surface area contributed by atoms with Crippen molar-refractivity contribution < 1.29 is 0 Å². The number of hydrogen-bond donors (Lipinski definition) is 0. The Labute approximate surface area is 127 Å². The highest BCUT2D eigenvalue weighted by Gasteiger charge is 2.17. The molecule has 0 amide bonds. The molecule has 113 valence electrons. The van der Waals surface area contributed by atoms with E-state index in [4.69, 9.17) is 0 Å². The fraction of sp³-hybridized carbons (Fsp3) is 0.700. The average Bonchev–Trinajstić information content (AvgIpc) is 2.50. The van der Waals surface area contributed by atoms with Crippen LogP contribution >= 0.6 is 0 Å². The molecule has 0 heteroatoms. The van der Waals surface area contributed by atoms with Gasteiger partial charge in [0.2, 0.25) is 0 Å². The van der Waals surface area contributed by atoms with E-state index in [1.165, 1.54) is 63.4 Å². The first-order chi connectivity index (χ1) is 9.79. The Morgan fingerprint density at radius 2 is 1.65 bits per heavy atom. The van der Waals surface area contributed by atoms with Gasteiger partial charge in [-0.05, 0) is 29.9 Å². The van der Waals surface area contributed by atoms with Crippen molar-refractivity contribution in [3.05, 3.63) is 35.9 Å². The van der Waals surface area contributed by atoms with Crippen LogP contribution in [0.25, 0.3) is 0 Å². The Morgan fingerprint density at radius 3 is 2.25 bits per heavy atom. The summed E-state index contributed by atoms with van der Waals surface area (Å²) in [4.78, 5) is 0. The molecule has 0 heterocycles. The molecule has 0 N–H and O–H groups in total. The molecule has 0 aromatic heterocycles. The summed E-state index contributed by atoms with van der Waals surface area (Å²) >= 11 is 0. The normalized spacial score (nSPS) is 14.2. The van der Waals surface area contributed by atoms with Crippen LogP contribution in [0.3, 0.4) is 0 Å². The van der Waals surface area contributed by atoms with E-state index < -0.39 is 0 Å². The molecule has 0 aliphatic rings. The molecule has 20 heavy (non-hydrogen) atoms. The largest absolute Gasteiger partial charge is 0.0654 e. The molecule has 0 aliphatic carbocycles. The lowest BCUT2D eigenvalue weighted by Gasteiger charge is -2.23. The van der Waals surface area contributed by atoms with Crippen molar-refractivity contribution in [3.8, 4) is 0 Å². The van der Waals surface area contributed by atoms with Gasteiger partial charge in [-0.25, -0.2) is 0 Å². The number of rotatable bonds is 11. The van der Waals surface area contributed by atoms with Gasteiger partial charge in [0.05, 0.1) is 0 Å². The minimum absolute atomic E-state index is 0.705. The fourth-order valence-electron chi connectivity index (χ4n) is 2.99. The second-order valence-corrected chi connectivity index (χ2v) is 6.22. The fourth-order valence-corrected chi connectivity index (χ4v) is 2.99. The van der Waals surface area contributed by atoms with Crippen LogP contribution in [0.5, 0.6) is 0 Å². The van der Waals surface area contributed by atoms with Gasteiger partial charge in [0.25, 0.3) is 0 Å². The molecule has 1 rings (SSSR count). The topological polar surface area (TPSA) is 0 Å². The first-order valence-corrected chi connectivity index (χ1v) is 8.76. The van der Waals surface area contributed by atoms with Gasteiger partial charge < -0.3 is 0 Å². The highest BCUT2D eigenvalue weighted by molar-refractivity contribution is 5.18. The zero-order valence-corrected chi connectivity index (χ0v) is 13.8. The second-order valence-electron chi connectivity index (χ2n) is 6.22. The van der Waals surface area contributed by atoms with Crippen LogP contribution in [0.15, 0.2) is 24.3 Å². The van der Waals surface area contributed by atoms with Crippen LogP contribution in [0.4, 0.5) is 0 Å². The van der Waals surface area contributed by atoms with Crippen molar-refractivity contribution in [3.63, 3.8) is 0 Å². The molecular weight excluding hydrogens is 240 g/mol. The Hall–Kier alpha value is -0.780. The van der Waals surface area contributed by atoms with Gasteiger partial charge in [0.1, 0.15) is 0 Å². The van der Waals surface area contributed by atoms with E-state index in [0.29, 0.717) is 5.92 Å². The lowest BCUT2D eigenvalue weighted by atomic mass is 9.82. The summed E-state index contributed by atoms with van der Waals surface area (Å²) in [6.45, 7) is 6.99. The molecule has 0 spiro atoms. The van der Waals surface area contributed by atoms with Crippen LogP contribution < -0.4 is 0 Å². The van der Waals surface area contributed by atoms with Crippen molar-refractivity contribution in [1.29, 1.82) is 0 Å². The molecule has 2 unspecified atom stereocenters. The van der Waals surface area contributed by atoms with Crippen molar-refractivity contribution in [2.24, 2.45) is 5.92 Å². The predicted octanol–water partition coefficient (Wildman–Crippen LogP) is 6.76. The molecular formula is C20H33. The van der Waals surface area contributed by atoms with Crippen LogP contribution in [-0.4, -0.2) is 0 Å². The molecule has 0 saturated heterocycles. The van der Waals surface area contributed by atoms with E-state index in [1.807, 2.05) is 0 Å². The average molecular weight is 273 g/mol. The van der Waals surface area contributed by atoms with Crippen molar-refractivity contribution in [1.82, 2.24) is 0 Å². The van der Waals surface area contributed by atoms with E-state index in [2.05, 4.69) is 51.1 Å². The summed E-state index contributed by atoms with van der Waals surface area (Å²) in [6, 6.07) is 12.0. The van der Waals surface area contributed by atoms with E-state index in [0.717, 1.165) is 5.92 Å². The Morgan fingerprint density at radius 1 is 0.950 bits per heavy atom. The van der Waals surface area contributed by atoms with E-state index in [1.54, 1.807) is 0 Å². The molecule has 0 saturated carbocycles. The van der Waals surface area contributed by atoms with E-state index >= 15 is 0 Å². The first kappa shape index (κ1) is 17.3. The number of hydrogen-bond acceptors (Lipinski definition) is 0. The highest BCUT2D eigenvalue weighted by Crippen LogP contribution is 2.31. The zero-order valence-electron chi connectivity index (χ0n) is 13.8. The quantitative estimate of drug-likeness (QED) is 0.391.